The number of rotatable bonds is 58. The molecule has 0 aromatic heterocycles. The zero-order valence-electron chi connectivity index (χ0n) is 51.2. The summed E-state index contributed by atoms with van der Waals surface area (Å²) in [4.78, 5) is 37.7. The third kappa shape index (κ3) is 57.9. The van der Waals surface area contributed by atoms with Crippen LogP contribution in [-0.4, -0.2) is 74.3 Å². The first-order chi connectivity index (χ1) is 37.4. The van der Waals surface area contributed by atoms with Crippen molar-refractivity contribution >= 4 is 19.7 Å². The summed E-state index contributed by atoms with van der Waals surface area (Å²) in [6.45, 7) is 6.86. The van der Waals surface area contributed by atoms with E-state index in [0.717, 1.165) is 70.6 Å². The number of hydrogen-bond acceptors (Lipinski definition) is 6. The number of allylic oxidation sites excluding steroid dienone is 11. The molecule has 0 rings (SSSR count). The number of esters is 1. The Morgan fingerprint density at radius 2 is 0.844 bits per heavy atom. The van der Waals surface area contributed by atoms with E-state index >= 15 is 0 Å². The van der Waals surface area contributed by atoms with Crippen LogP contribution < -0.4 is 5.32 Å². The van der Waals surface area contributed by atoms with Crippen LogP contribution in [-0.2, 0) is 27.9 Å². The molecule has 0 saturated carbocycles. The Morgan fingerprint density at radius 3 is 1.25 bits per heavy atom. The third-order valence-corrected chi connectivity index (χ3v) is 15.2. The molecule has 0 spiro atoms. The topological polar surface area (TPSA) is 111 Å². The van der Waals surface area contributed by atoms with Crippen molar-refractivity contribution in [1.82, 2.24) is 5.32 Å². The monoisotopic (exact) mass is 1100 g/mol. The molecule has 3 unspecified atom stereocenters. The first kappa shape index (κ1) is 74.5. The minimum Gasteiger partial charge on any atom is -0.456 e. The number of quaternary nitrogens is 1. The number of ether oxygens (including phenoxy) is 1. The Labute approximate surface area is 476 Å². The SMILES string of the molecule is CC/C=C/C/C=C/C/C=C/C/C=C/C/C=C/CCC(=O)NC(COP(=O)(O)OCC[N+](C)(C)C)C(/C=C\CCCCCCCCCCCC)OC(=O)CCCCCCCCCCCCCCCCCCCCCCCCC. The number of likely N-dealkylation sites (N-methyl/N-ethyl adjacent to an activating group) is 1. The van der Waals surface area contributed by atoms with Gasteiger partial charge in [0.25, 0.3) is 0 Å². The number of nitrogens with one attached hydrogen (secondary N) is 1. The van der Waals surface area contributed by atoms with Crippen molar-refractivity contribution in [2.24, 2.45) is 0 Å². The van der Waals surface area contributed by atoms with Gasteiger partial charge in [-0.05, 0) is 63.9 Å². The number of amides is 1. The summed E-state index contributed by atoms with van der Waals surface area (Å²) in [6, 6.07) is -0.888. The van der Waals surface area contributed by atoms with Crippen molar-refractivity contribution < 1.29 is 37.3 Å². The molecular formula is C67H124N2O7P+. The second kappa shape index (κ2) is 56.7. The standard InChI is InChI=1S/C67H123N2O7P/c1-7-10-13-16-19-22-25-28-30-32-33-34-35-36-37-38-40-42-45-48-51-54-57-60-67(71)76-65(58-55-52-49-46-43-27-24-21-18-15-12-9-3)64(63-75-77(72,73)74-62-61-69(4,5)6)68-66(70)59-56-53-50-47-44-41-39-31-29-26-23-20-17-14-11-8-2/h11,14,20,23,29,31,41,44,50,53,55,58,64-65H,7-10,12-13,15-19,21-22,24-28,30,32-40,42-43,45-49,51-52,54,56-57,59-63H2,1-6H3,(H-,68,70,72,73)/p+1/b14-11+,23-20+,31-29+,44-41+,53-50+,58-55-. The van der Waals surface area contributed by atoms with Gasteiger partial charge in [0.1, 0.15) is 19.3 Å². The highest BCUT2D eigenvalue weighted by atomic mass is 31.2. The van der Waals surface area contributed by atoms with Crippen LogP contribution >= 0.6 is 7.82 Å². The lowest BCUT2D eigenvalue weighted by Gasteiger charge is -2.27. The Bertz CT molecular complexity index is 1550. The molecule has 2 N–H and O–H groups in total. The molecule has 0 aliphatic heterocycles. The zero-order chi connectivity index (χ0) is 56.4. The summed E-state index contributed by atoms with van der Waals surface area (Å²) in [6.07, 6.45) is 73.6. The van der Waals surface area contributed by atoms with Crippen LogP contribution in [0.1, 0.15) is 290 Å². The quantitative estimate of drug-likeness (QED) is 0.0205. The largest absolute Gasteiger partial charge is 0.472 e. The second-order valence-electron chi connectivity index (χ2n) is 22.9. The lowest BCUT2D eigenvalue weighted by Crippen LogP contribution is -2.47. The van der Waals surface area contributed by atoms with Crippen LogP contribution in [0.2, 0.25) is 0 Å². The summed E-state index contributed by atoms with van der Waals surface area (Å²) in [5.74, 6) is -0.594. The predicted octanol–water partition coefficient (Wildman–Crippen LogP) is 20.0. The van der Waals surface area contributed by atoms with Gasteiger partial charge in [-0.15, -0.1) is 0 Å². The molecule has 0 aromatic rings. The van der Waals surface area contributed by atoms with E-state index in [4.69, 9.17) is 13.8 Å². The van der Waals surface area contributed by atoms with Gasteiger partial charge in [-0.1, -0.05) is 287 Å². The highest BCUT2D eigenvalue weighted by Gasteiger charge is 2.30. The summed E-state index contributed by atoms with van der Waals surface area (Å²) in [5, 5.41) is 3.01. The molecule has 1 amide bonds. The molecule has 0 aliphatic carbocycles. The van der Waals surface area contributed by atoms with Crippen molar-refractivity contribution in [2.75, 3.05) is 40.9 Å². The van der Waals surface area contributed by atoms with Crippen molar-refractivity contribution in [2.45, 2.75) is 303 Å². The van der Waals surface area contributed by atoms with Gasteiger partial charge in [-0.3, -0.25) is 18.6 Å². The van der Waals surface area contributed by atoms with Gasteiger partial charge < -0.3 is 19.4 Å². The van der Waals surface area contributed by atoms with Crippen LogP contribution in [0.4, 0.5) is 0 Å². The maximum Gasteiger partial charge on any atom is 0.472 e. The number of hydrogen-bond donors (Lipinski definition) is 2. The summed E-state index contributed by atoms with van der Waals surface area (Å²) in [5.41, 5.74) is 0. The maximum atomic E-state index is 13.5. The minimum absolute atomic E-state index is 0.0261. The average molecular weight is 1100 g/mol. The molecular weight excluding hydrogens is 976 g/mol. The van der Waals surface area contributed by atoms with Gasteiger partial charge in [-0.2, -0.15) is 0 Å². The fourth-order valence-electron chi connectivity index (χ4n) is 9.22. The van der Waals surface area contributed by atoms with Gasteiger partial charge in [0.05, 0.1) is 33.8 Å². The van der Waals surface area contributed by atoms with Crippen molar-refractivity contribution in [3.8, 4) is 0 Å². The lowest BCUT2D eigenvalue weighted by molar-refractivity contribution is -0.870. The first-order valence-electron chi connectivity index (χ1n) is 32.3. The summed E-state index contributed by atoms with van der Waals surface area (Å²) in [7, 11) is 1.45. The van der Waals surface area contributed by atoms with Gasteiger partial charge in [0.15, 0.2) is 0 Å². The van der Waals surface area contributed by atoms with E-state index in [0.29, 0.717) is 17.4 Å². The number of unbranched alkanes of at least 4 members (excludes halogenated alkanes) is 32. The second-order valence-corrected chi connectivity index (χ2v) is 24.4. The van der Waals surface area contributed by atoms with Crippen molar-refractivity contribution in [3.63, 3.8) is 0 Å². The predicted molar refractivity (Wildman–Crippen MR) is 332 cm³/mol. The first-order valence-corrected chi connectivity index (χ1v) is 33.8. The molecule has 0 aromatic carbocycles. The molecule has 448 valence electrons. The normalized spacial score (nSPS) is 14.1. The molecule has 3 atom stereocenters. The zero-order valence-corrected chi connectivity index (χ0v) is 52.1. The average Bonchev–Trinajstić information content (AvgIpc) is 3.39. The van der Waals surface area contributed by atoms with Gasteiger partial charge in [0, 0.05) is 12.8 Å². The lowest BCUT2D eigenvalue weighted by atomic mass is 10.0. The molecule has 9 nitrogen and oxygen atoms in total. The molecule has 0 radical (unpaired) electrons. The Balaban J connectivity index is 5.21. The highest BCUT2D eigenvalue weighted by molar-refractivity contribution is 7.47. The van der Waals surface area contributed by atoms with Gasteiger partial charge in [0.2, 0.25) is 5.91 Å². The van der Waals surface area contributed by atoms with Crippen molar-refractivity contribution in [1.29, 1.82) is 0 Å². The number of phosphoric ester groups is 1. The van der Waals surface area contributed by atoms with E-state index in [1.165, 1.54) is 180 Å². The molecule has 0 heterocycles. The van der Waals surface area contributed by atoms with E-state index in [1.54, 1.807) is 0 Å². The Kier molecular flexibility index (Phi) is 54.8. The van der Waals surface area contributed by atoms with Crippen LogP contribution in [0, 0.1) is 0 Å². The van der Waals surface area contributed by atoms with E-state index < -0.39 is 20.0 Å². The third-order valence-electron chi connectivity index (χ3n) is 14.2. The van der Waals surface area contributed by atoms with Crippen LogP contribution in [0.5, 0.6) is 0 Å². The van der Waals surface area contributed by atoms with E-state index in [9.17, 15) is 19.0 Å². The van der Waals surface area contributed by atoms with Crippen LogP contribution in [0.15, 0.2) is 72.9 Å². The Hall–Kier alpha value is -2.55. The summed E-state index contributed by atoms with van der Waals surface area (Å²) < 4.78 is 30.7. The fourth-order valence-corrected chi connectivity index (χ4v) is 9.96. The smallest absolute Gasteiger partial charge is 0.456 e. The molecule has 0 fully saturated rings. The molecule has 0 saturated heterocycles. The summed E-state index contributed by atoms with van der Waals surface area (Å²) >= 11 is 0. The minimum atomic E-state index is -4.47. The fraction of sp³-hybridized carbons (Fsp3) is 0.791. The highest BCUT2D eigenvalue weighted by Crippen LogP contribution is 2.43. The molecule has 77 heavy (non-hydrogen) atoms. The number of phosphoric acid groups is 1. The number of carbonyl (C=O) groups is 2. The van der Waals surface area contributed by atoms with Gasteiger partial charge >= 0.3 is 13.8 Å². The molecule has 10 heteroatoms. The van der Waals surface area contributed by atoms with E-state index in [-0.39, 0.29) is 37.9 Å². The van der Waals surface area contributed by atoms with E-state index in [1.807, 2.05) is 39.4 Å². The molecule has 0 aliphatic rings. The van der Waals surface area contributed by atoms with E-state index in [2.05, 4.69) is 80.8 Å². The van der Waals surface area contributed by atoms with Crippen LogP contribution in [0.25, 0.3) is 0 Å². The maximum absolute atomic E-state index is 13.5. The van der Waals surface area contributed by atoms with Crippen LogP contribution in [0.3, 0.4) is 0 Å². The molecule has 0 bridgehead atoms. The van der Waals surface area contributed by atoms with Crippen molar-refractivity contribution in [3.05, 3.63) is 72.9 Å². The number of nitrogens with zero attached hydrogens (tertiary/aromatic N) is 1. The Morgan fingerprint density at radius 1 is 0.468 bits per heavy atom. The van der Waals surface area contributed by atoms with Gasteiger partial charge in [-0.25, -0.2) is 4.57 Å². The number of carbonyl (C=O) groups excluding carboxylic acids is 2.